The van der Waals surface area contributed by atoms with Gasteiger partial charge in [0.1, 0.15) is 0 Å². The minimum atomic E-state index is -1.29. The number of aliphatic carboxylic acids is 1. The molecular weight excluding hydrogens is 172 g/mol. The smallest absolute Gasteiger partial charge is 0.349 e. The van der Waals surface area contributed by atoms with Crippen LogP contribution in [0.5, 0.6) is 0 Å². The minimum absolute atomic E-state index is 0.319. The van der Waals surface area contributed by atoms with Gasteiger partial charge in [-0.1, -0.05) is 18.2 Å². The third-order valence-electron chi connectivity index (χ3n) is 1.28. The van der Waals surface area contributed by atoms with E-state index in [4.69, 9.17) is 5.11 Å². The Bertz CT molecular complexity index is 305. The summed E-state index contributed by atoms with van der Waals surface area (Å²) in [5.41, 5.74) is 0.319. The first-order chi connectivity index (χ1) is 6.20. The number of ether oxygens (including phenoxy) is 1. The van der Waals surface area contributed by atoms with Gasteiger partial charge in [0.15, 0.2) is 0 Å². The van der Waals surface area contributed by atoms with Crippen molar-refractivity contribution in [3.8, 4) is 0 Å². The highest BCUT2D eigenvalue weighted by Gasteiger charge is 2.08. The molecule has 1 rings (SSSR count). The summed E-state index contributed by atoms with van der Waals surface area (Å²) < 4.78 is 4.33. The largest absolute Gasteiger partial charge is 0.478 e. The fourth-order valence-corrected chi connectivity index (χ4v) is 0.746. The molecule has 0 aliphatic carbocycles. The molecule has 0 fully saturated rings. The van der Waals surface area contributed by atoms with Gasteiger partial charge in [0, 0.05) is 0 Å². The van der Waals surface area contributed by atoms with E-state index in [0.29, 0.717) is 12.2 Å². The Morgan fingerprint density at radius 1 is 1.23 bits per heavy atom. The molecule has 0 spiro atoms. The van der Waals surface area contributed by atoms with Crippen LogP contribution >= 0.6 is 0 Å². The van der Waals surface area contributed by atoms with Crippen LogP contribution < -0.4 is 0 Å². The maximum Gasteiger partial charge on any atom is 0.349 e. The first-order valence-corrected chi connectivity index (χ1v) is 3.52. The molecule has 0 aromatic heterocycles. The zero-order chi connectivity index (χ0) is 9.68. The van der Waals surface area contributed by atoms with E-state index in [1.54, 1.807) is 18.2 Å². The fourth-order valence-electron chi connectivity index (χ4n) is 0.746. The molecule has 0 atom stereocenters. The Hall–Kier alpha value is -1.84. The molecule has 4 nitrogen and oxygen atoms in total. The van der Waals surface area contributed by atoms with Crippen molar-refractivity contribution in [2.24, 2.45) is 0 Å². The predicted molar refractivity (Wildman–Crippen MR) is 43.8 cm³/mol. The molecule has 0 saturated carbocycles. The van der Waals surface area contributed by atoms with Gasteiger partial charge in [-0.25, -0.2) is 9.59 Å². The van der Waals surface area contributed by atoms with Gasteiger partial charge in [-0.05, 0) is 12.1 Å². The minimum Gasteiger partial charge on any atom is -0.478 e. The highest BCUT2D eigenvalue weighted by molar-refractivity contribution is 5.91. The average molecular weight is 179 g/mol. The number of rotatable bonds is 3. The van der Waals surface area contributed by atoms with Gasteiger partial charge in [0.2, 0.25) is 6.61 Å². The Morgan fingerprint density at radius 2 is 1.85 bits per heavy atom. The molecule has 67 valence electrons. The van der Waals surface area contributed by atoms with Gasteiger partial charge in [-0.2, -0.15) is 0 Å². The number of esters is 1. The van der Waals surface area contributed by atoms with Crippen LogP contribution in [0.4, 0.5) is 0 Å². The second kappa shape index (κ2) is 4.25. The summed E-state index contributed by atoms with van der Waals surface area (Å²) in [4.78, 5) is 21.0. The fraction of sp³-hybridized carbons (Fsp3) is 0. The van der Waals surface area contributed by atoms with E-state index in [1.165, 1.54) is 12.1 Å². The molecule has 1 N–H and O–H groups in total. The summed E-state index contributed by atoms with van der Waals surface area (Å²) in [5, 5.41) is 8.18. The summed E-state index contributed by atoms with van der Waals surface area (Å²) in [7, 11) is 0. The summed E-state index contributed by atoms with van der Waals surface area (Å²) in [6.45, 7) is 0.454. The number of benzene rings is 1. The van der Waals surface area contributed by atoms with Crippen molar-refractivity contribution in [3.05, 3.63) is 42.5 Å². The second-order valence-corrected chi connectivity index (χ2v) is 2.23. The number of hydrogen-bond acceptors (Lipinski definition) is 3. The quantitative estimate of drug-likeness (QED) is 0.705. The maximum atomic E-state index is 11.0. The number of carbonyl (C=O) groups excluding carboxylic acids is 1. The van der Waals surface area contributed by atoms with Gasteiger partial charge in [0.25, 0.3) is 0 Å². The van der Waals surface area contributed by atoms with Crippen LogP contribution in [0.3, 0.4) is 0 Å². The lowest BCUT2D eigenvalue weighted by Gasteiger charge is -1.99. The van der Waals surface area contributed by atoms with Gasteiger partial charge in [-0.3, -0.25) is 0 Å². The average Bonchev–Trinajstić information content (AvgIpc) is 2.15. The summed E-state index contributed by atoms with van der Waals surface area (Å²) in [5.74, 6) is -1.97. The van der Waals surface area contributed by atoms with Crippen molar-refractivity contribution in [2.45, 2.75) is 0 Å². The van der Waals surface area contributed by atoms with Crippen LogP contribution in [0.2, 0.25) is 0 Å². The van der Waals surface area contributed by atoms with E-state index in [2.05, 4.69) is 4.74 Å². The first-order valence-electron chi connectivity index (χ1n) is 3.52. The summed E-state index contributed by atoms with van der Waals surface area (Å²) >= 11 is 0. The SMILES string of the molecule is O=C(O)[CH]OC(=O)c1ccccc1. The van der Waals surface area contributed by atoms with Crippen LogP contribution in [0.1, 0.15) is 10.4 Å². The van der Waals surface area contributed by atoms with Gasteiger partial charge < -0.3 is 9.84 Å². The molecule has 1 aromatic carbocycles. The van der Waals surface area contributed by atoms with Gasteiger partial charge in [0.05, 0.1) is 5.56 Å². The molecule has 0 aliphatic rings. The lowest BCUT2D eigenvalue weighted by Crippen LogP contribution is -2.07. The summed E-state index contributed by atoms with van der Waals surface area (Å²) in [6, 6.07) is 8.16. The second-order valence-electron chi connectivity index (χ2n) is 2.23. The van der Waals surface area contributed by atoms with E-state index in [9.17, 15) is 9.59 Å². The van der Waals surface area contributed by atoms with Crippen molar-refractivity contribution < 1.29 is 19.4 Å². The molecule has 0 heterocycles. The monoisotopic (exact) mass is 179 g/mol. The highest BCUT2D eigenvalue weighted by Crippen LogP contribution is 2.01. The zero-order valence-corrected chi connectivity index (χ0v) is 6.64. The normalized spacial score (nSPS) is 9.23. The van der Waals surface area contributed by atoms with E-state index in [-0.39, 0.29) is 0 Å². The molecule has 0 bridgehead atoms. The van der Waals surface area contributed by atoms with Crippen LogP contribution in [0.25, 0.3) is 0 Å². The van der Waals surface area contributed by atoms with E-state index in [0.717, 1.165) is 0 Å². The maximum absolute atomic E-state index is 11.0. The predicted octanol–water partition coefficient (Wildman–Crippen LogP) is 1.09. The van der Waals surface area contributed by atoms with Crippen molar-refractivity contribution in [1.82, 2.24) is 0 Å². The number of carboxylic acids is 1. The third kappa shape index (κ3) is 2.94. The Balaban J connectivity index is 2.54. The lowest BCUT2D eigenvalue weighted by molar-refractivity contribution is -0.136. The van der Waals surface area contributed by atoms with Crippen LogP contribution in [0, 0.1) is 6.61 Å². The first kappa shape index (κ1) is 9.25. The standard InChI is InChI=1S/C9H7O4/c10-8(11)6-13-9(12)7-4-2-1-3-5-7/h1-6H,(H,10,11). The zero-order valence-electron chi connectivity index (χ0n) is 6.64. The number of carbonyl (C=O) groups is 2. The number of hydrogen-bond donors (Lipinski definition) is 1. The Labute approximate surface area is 74.8 Å². The molecule has 0 amide bonds. The third-order valence-corrected chi connectivity index (χ3v) is 1.28. The molecule has 13 heavy (non-hydrogen) atoms. The van der Waals surface area contributed by atoms with E-state index in [1.807, 2.05) is 0 Å². The van der Waals surface area contributed by atoms with E-state index >= 15 is 0 Å². The highest BCUT2D eigenvalue weighted by atomic mass is 16.5. The Kier molecular flexibility index (Phi) is 3.03. The van der Waals surface area contributed by atoms with Crippen LogP contribution in [-0.2, 0) is 9.53 Å². The van der Waals surface area contributed by atoms with Crippen LogP contribution in [0.15, 0.2) is 30.3 Å². The van der Waals surface area contributed by atoms with E-state index < -0.39 is 11.9 Å². The summed E-state index contributed by atoms with van der Waals surface area (Å²) in [6.07, 6.45) is 0. The molecule has 1 aromatic rings. The van der Waals surface area contributed by atoms with Gasteiger partial charge in [-0.15, -0.1) is 0 Å². The van der Waals surface area contributed by atoms with Gasteiger partial charge >= 0.3 is 11.9 Å². The molecule has 4 heteroatoms. The molecular formula is C9H7O4. The van der Waals surface area contributed by atoms with Crippen molar-refractivity contribution >= 4 is 11.9 Å². The topological polar surface area (TPSA) is 63.6 Å². The Morgan fingerprint density at radius 3 is 2.38 bits per heavy atom. The molecule has 0 aliphatic heterocycles. The molecule has 1 radical (unpaired) electrons. The van der Waals surface area contributed by atoms with Crippen molar-refractivity contribution in [3.63, 3.8) is 0 Å². The number of carboxylic acid groups (broad SMARTS) is 1. The van der Waals surface area contributed by atoms with Crippen molar-refractivity contribution in [2.75, 3.05) is 0 Å². The molecule has 0 unspecified atom stereocenters. The molecule has 0 saturated heterocycles. The van der Waals surface area contributed by atoms with Crippen molar-refractivity contribution in [1.29, 1.82) is 0 Å². The van der Waals surface area contributed by atoms with Crippen LogP contribution in [-0.4, -0.2) is 17.0 Å². The lowest BCUT2D eigenvalue weighted by atomic mass is 10.2.